The number of rotatable bonds is 4. The minimum absolute atomic E-state index is 0.0241. The van der Waals surface area contributed by atoms with Gasteiger partial charge in [-0.15, -0.1) is 0 Å². The lowest BCUT2D eigenvalue weighted by molar-refractivity contribution is -0.121. The molecule has 2 amide bonds. The number of piperidine rings is 1. The number of hydrogen-bond acceptors (Lipinski definition) is 4. The van der Waals surface area contributed by atoms with Gasteiger partial charge in [0.05, 0.1) is 16.9 Å². The highest BCUT2D eigenvalue weighted by molar-refractivity contribution is 8.16. The number of carbonyl (C=O) groups is 2. The van der Waals surface area contributed by atoms with Crippen LogP contribution in [0.5, 0.6) is 0 Å². The molecule has 28 heavy (non-hydrogen) atoms. The predicted octanol–water partition coefficient (Wildman–Crippen LogP) is 4.39. The highest BCUT2D eigenvalue weighted by Gasteiger charge is 2.49. The zero-order valence-electron chi connectivity index (χ0n) is 16.4. The smallest absolute Gasteiger partial charge is 0.263 e. The topological polar surface area (TPSA) is 62.9 Å². The van der Waals surface area contributed by atoms with Gasteiger partial charge in [0.15, 0.2) is 0 Å². The molecular weight excluding hydrogens is 372 g/mol. The Morgan fingerprint density at radius 3 is 2.75 bits per heavy atom. The highest BCUT2D eigenvalue weighted by Crippen LogP contribution is 2.52. The first-order chi connectivity index (χ1) is 13.5. The molecule has 4 aliphatic rings. The molecule has 2 saturated carbocycles. The van der Waals surface area contributed by atoms with Crippen LogP contribution in [-0.4, -0.2) is 39.6 Å². The Morgan fingerprint density at radius 2 is 2.11 bits per heavy atom. The van der Waals surface area contributed by atoms with Gasteiger partial charge >= 0.3 is 0 Å². The minimum Gasteiger partial charge on any atom is -0.472 e. The number of likely N-dealkylation sites (tertiary alicyclic amines) is 1. The number of aliphatic imine (C=N–C) groups is 1. The molecule has 6 heteroatoms. The Morgan fingerprint density at radius 1 is 1.29 bits per heavy atom. The van der Waals surface area contributed by atoms with Gasteiger partial charge in [0.2, 0.25) is 0 Å². The summed E-state index contributed by atoms with van der Waals surface area (Å²) in [6.07, 6.45) is 11.3. The largest absolute Gasteiger partial charge is 0.472 e. The molecule has 2 bridgehead atoms. The molecule has 0 aromatic carbocycles. The first-order valence-electron chi connectivity index (χ1n) is 10.7. The third-order valence-corrected chi connectivity index (χ3v) is 9.06. The van der Waals surface area contributed by atoms with Crippen molar-refractivity contribution in [1.29, 1.82) is 0 Å². The zero-order chi connectivity index (χ0) is 19.3. The quantitative estimate of drug-likeness (QED) is 0.752. The number of nitrogens with zero attached hydrogens (tertiary/aromatic N) is 2. The summed E-state index contributed by atoms with van der Waals surface area (Å²) in [4.78, 5) is 31.7. The Labute approximate surface area is 170 Å². The summed E-state index contributed by atoms with van der Waals surface area (Å²) < 4.78 is 4.59. The van der Waals surface area contributed by atoms with Crippen molar-refractivity contribution >= 4 is 28.6 Å². The fourth-order valence-electron chi connectivity index (χ4n) is 5.93. The molecule has 1 aromatic rings. The van der Waals surface area contributed by atoms with Gasteiger partial charge < -0.3 is 9.32 Å². The van der Waals surface area contributed by atoms with E-state index >= 15 is 0 Å². The molecule has 2 aliphatic carbocycles. The Bertz CT molecular complexity index is 797. The maximum atomic E-state index is 12.8. The van der Waals surface area contributed by atoms with Crippen molar-refractivity contribution in [2.45, 2.75) is 56.6 Å². The average molecular weight is 401 g/mol. The summed E-state index contributed by atoms with van der Waals surface area (Å²) >= 11 is 1.73. The van der Waals surface area contributed by atoms with E-state index in [1.807, 2.05) is 4.90 Å². The molecule has 1 unspecified atom stereocenters. The molecule has 4 atom stereocenters. The average Bonchev–Trinajstić information content (AvgIpc) is 3.48. The lowest BCUT2D eigenvalue weighted by atomic mass is 9.84. The molecule has 2 aliphatic heterocycles. The van der Waals surface area contributed by atoms with Crippen molar-refractivity contribution in [3.05, 3.63) is 24.2 Å². The minimum atomic E-state index is -0.447. The first-order valence-corrected chi connectivity index (χ1v) is 11.5. The predicted molar refractivity (Wildman–Crippen MR) is 109 cm³/mol. The molecule has 0 N–H and O–H groups in total. The Kier molecular flexibility index (Phi) is 4.65. The molecule has 1 saturated heterocycles. The van der Waals surface area contributed by atoms with Crippen LogP contribution >= 0.6 is 11.8 Å². The van der Waals surface area contributed by atoms with E-state index in [9.17, 15) is 9.59 Å². The van der Waals surface area contributed by atoms with E-state index in [0.717, 1.165) is 42.1 Å². The molecule has 5 rings (SSSR count). The maximum absolute atomic E-state index is 12.8. The fraction of sp³-hybridized carbons (Fsp3) is 0.682. The highest BCUT2D eigenvalue weighted by atomic mass is 32.2. The van der Waals surface area contributed by atoms with Crippen LogP contribution in [0.3, 0.4) is 0 Å². The van der Waals surface area contributed by atoms with E-state index in [0.29, 0.717) is 18.7 Å². The van der Waals surface area contributed by atoms with Crippen LogP contribution in [0.4, 0.5) is 0 Å². The van der Waals surface area contributed by atoms with E-state index in [1.165, 1.54) is 38.2 Å². The number of hydrogen-bond donors (Lipinski definition) is 0. The van der Waals surface area contributed by atoms with E-state index in [1.54, 1.807) is 17.8 Å². The van der Waals surface area contributed by atoms with Crippen molar-refractivity contribution in [2.75, 3.05) is 13.1 Å². The van der Waals surface area contributed by atoms with Crippen molar-refractivity contribution in [3.63, 3.8) is 0 Å². The molecule has 3 fully saturated rings. The monoisotopic (exact) mass is 400 g/mol. The Balaban J connectivity index is 1.19. The summed E-state index contributed by atoms with van der Waals surface area (Å²) in [6.45, 7) is 3.47. The summed E-state index contributed by atoms with van der Waals surface area (Å²) in [6, 6.07) is 1.71. The van der Waals surface area contributed by atoms with Crippen LogP contribution in [0.2, 0.25) is 0 Å². The summed E-state index contributed by atoms with van der Waals surface area (Å²) in [5.41, 5.74) is 0.604. The van der Waals surface area contributed by atoms with E-state index < -0.39 is 4.75 Å². The molecule has 3 heterocycles. The van der Waals surface area contributed by atoms with Crippen molar-refractivity contribution in [2.24, 2.45) is 28.7 Å². The zero-order valence-corrected chi connectivity index (χ0v) is 17.2. The summed E-state index contributed by atoms with van der Waals surface area (Å²) in [5.74, 6) is 2.90. The molecular formula is C22H28N2O3S. The van der Waals surface area contributed by atoms with Crippen molar-refractivity contribution in [1.82, 2.24) is 4.90 Å². The Hall–Kier alpha value is -1.56. The van der Waals surface area contributed by atoms with Crippen LogP contribution in [0.15, 0.2) is 28.0 Å². The normalized spacial score (nSPS) is 35.6. The van der Waals surface area contributed by atoms with Crippen LogP contribution in [0, 0.1) is 23.7 Å². The van der Waals surface area contributed by atoms with Crippen LogP contribution < -0.4 is 0 Å². The molecule has 150 valence electrons. The fourth-order valence-corrected chi connectivity index (χ4v) is 7.38. The van der Waals surface area contributed by atoms with Gasteiger partial charge in [0, 0.05) is 13.1 Å². The number of thioether (sulfide) groups is 1. The van der Waals surface area contributed by atoms with Crippen LogP contribution in [0.25, 0.3) is 0 Å². The van der Waals surface area contributed by atoms with Gasteiger partial charge in [0.25, 0.3) is 11.8 Å². The maximum Gasteiger partial charge on any atom is 0.263 e. The van der Waals surface area contributed by atoms with Gasteiger partial charge in [0.1, 0.15) is 11.0 Å². The summed E-state index contributed by atoms with van der Waals surface area (Å²) in [7, 11) is 0. The molecule has 0 radical (unpaired) electrons. The molecule has 0 spiro atoms. The third-order valence-electron chi connectivity index (χ3n) is 7.63. The van der Waals surface area contributed by atoms with Crippen LogP contribution in [-0.2, 0) is 4.79 Å². The number of fused-ring (bicyclic) bond motifs is 2. The van der Waals surface area contributed by atoms with Gasteiger partial charge in [-0.3, -0.25) is 9.59 Å². The first kappa shape index (κ1) is 18.5. The van der Waals surface area contributed by atoms with E-state index in [4.69, 9.17) is 4.42 Å². The lowest BCUT2D eigenvalue weighted by Crippen LogP contribution is -2.46. The number of amides is 2. The van der Waals surface area contributed by atoms with Gasteiger partial charge in [-0.25, -0.2) is 4.99 Å². The second-order valence-electron chi connectivity index (χ2n) is 9.24. The summed E-state index contributed by atoms with van der Waals surface area (Å²) in [5, 5.41) is 1.07. The third kappa shape index (κ3) is 3.14. The van der Waals surface area contributed by atoms with Crippen LogP contribution in [0.1, 0.15) is 62.2 Å². The van der Waals surface area contributed by atoms with Gasteiger partial charge in [-0.1, -0.05) is 18.2 Å². The molecule has 1 aromatic heterocycles. The standard InChI is InChI=1S/C22H28N2O3S/c1-22(18-4-7-24(8-5-18)20(25)16-6-9-27-13-16)21(26)23-19(28-22)12-17-11-14-2-3-15(17)10-14/h6,9,13-15,17-18H,2-5,7-8,10-12H2,1H3/t14-,15+,17-,22?/m1/s1. The van der Waals surface area contributed by atoms with Crippen molar-refractivity contribution in [3.8, 4) is 0 Å². The second-order valence-corrected chi connectivity index (χ2v) is 10.8. The van der Waals surface area contributed by atoms with Gasteiger partial charge in [-0.05, 0) is 75.2 Å². The van der Waals surface area contributed by atoms with E-state index in [-0.39, 0.29) is 17.7 Å². The van der Waals surface area contributed by atoms with Gasteiger partial charge in [-0.2, -0.15) is 0 Å². The number of furan rings is 1. The number of carbonyl (C=O) groups excluding carboxylic acids is 2. The molecule has 5 nitrogen and oxygen atoms in total. The van der Waals surface area contributed by atoms with E-state index in [2.05, 4.69) is 11.9 Å². The van der Waals surface area contributed by atoms with Crippen molar-refractivity contribution < 1.29 is 14.0 Å². The lowest BCUT2D eigenvalue weighted by Gasteiger charge is -2.38. The SMILES string of the molecule is CC1(C2CCN(C(=O)c3ccoc3)CC2)SC(C[C@H]2C[C@@H]3CC[C@H]2C3)=NC1=O. The second kappa shape index (κ2) is 7.05.